The molecule has 1 N–H and O–H groups in total. The second kappa shape index (κ2) is 4.82. The van der Waals surface area contributed by atoms with Crippen LogP contribution in [0.4, 0.5) is 0 Å². The van der Waals surface area contributed by atoms with Gasteiger partial charge in [-0.3, -0.25) is 4.98 Å². The van der Waals surface area contributed by atoms with Crippen molar-refractivity contribution >= 4 is 10.8 Å². The van der Waals surface area contributed by atoms with Crippen LogP contribution in [0.3, 0.4) is 0 Å². The van der Waals surface area contributed by atoms with Crippen molar-refractivity contribution in [1.82, 2.24) is 4.98 Å². The summed E-state index contributed by atoms with van der Waals surface area (Å²) in [4.78, 5) is 4.12. The van der Waals surface area contributed by atoms with Crippen LogP contribution in [0.5, 0.6) is 0 Å². The molecule has 1 aromatic heterocycles. The van der Waals surface area contributed by atoms with Gasteiger partial charge < -0.3 is 9.84 Å². The van der Waals surface area contributed by atoms with Gasteiger partial charge in [0.2, 0.25) is 0 Å². The molecule has 1 aromatic carbocycles. The first kappa shape index (κ1) is 12.0. The van der Waals surface area contributed by atoms with Crippen molar-refractivity contribution in [3.8, 4) is 0 Å². The molecular weight excluding hydrogens is 214 g/mol. The minimum absolute atomic E-state index is 0.531. The van der Waals surface area contributed by atoms with E-state index in [-0.39, 0.29) is 0 Å². The molecule has 1 atom stereocenters. The van der Waals surface area contributed by atoms with Crippen LogP contribution in [0.15, 0.2) is 36.7 Å². The van der Waals surface area contributed by atoms with E-state index in [0.29, 0.717) is 13.0 Å². The third-order valence-corrected chi connectivity index (χ3v) is 3.06. The van der Waals surface area contributed by atoms with Crippen LogP contribution in [0.1, 0.15) is 18.9 Å². The molecule has 2 aromatic rings. The van der Waals surface area contributed by atoms with Crippen LogP contribution in [0.25, 0.3) is 10.8 Å². The quantitative estimate of drug-likeness (QED) is 0.879. The SMILES string of the molecule is COCCC(C)(O)c1cccc2ccncc12. The van der Waals surface area contributed by atoms with Gasteiger partial charge in [-0.05, 0) is 23.9 Å². The first-order chi connectivity index (χ1) is 8.15. The van der Waals surface area contributed by atoms with Gasteiger partial charge in [0.15, 0.2) is 0 Å². The molecule has 0 aliphatic carbocycles. The number of fused-ring (bicyclic) bond motifs is 1. The molecule has 0 fully saturated rings. The Kier molecular flexibility index (Phi) is 3.41. The highest BCUT2D eigenvalue weighted by Crippen LogP contribution is 2.30. The van der Waals surface area contributed by atoms with E-state index >= 15 is 0 Å². The molecule has 17 heavy (non-hydrogen) atoms. The van der Waals surface area contributed by atoms with E-state index in [2.05, 4.69) is 4.98 Å². The maximum atomic E-state index is 10.5. The van der Waals surface area contributed by atoms with Gasteiger partial charge in [0, 0.05) is 37.9 Å². The van der Waals surface area contributed by atoms with Gasteiger partial charge in [-0.1, -0.05) is 18.2 Å². The van der Waals surface area contributed by atoms with Gasteiger partial charge in [0.05, 0.1) is 5.60 Å². The Morgan fingerprint density at radius 2 is 2.18 bits per heavy atom. The highest BCUT2D eigenvalue weighted by molar-refractivity contribution is 5.85. The number of hydrogen-bond donors (Lipinski definition) is 1. The number of pyridine rings is 1. The van der Waals surface area contributed by atoms with Crippen molar-refractivity contribution in [1.29, 1.82) is 0 Å². The lowest BCUT2D eigenvalue weighted by atomic mass is 9.89. The Morgan fingerprint density at radius 1 is 1.35 bits per heavy atom. The van der Waals surface area contributed by atoms with Gasteiger partial charge in [-0.25, -0.2) is 0 Å². The summed E-state index contributed by atoms with van der Waals surface area (Å²) in [5, 5.41) is 12.6. The van der Waals surface area contributed by atoms with Crippen LogP contribution >= 0.6 is 0 Å². The molecule has 0 saturated heterocycles. The van der Waals surface area contributed by atoms with Crippen molar-refractivity contribution in [3.05, 3.63) is 42.2 Å². The molecule has 0 amide bonds. The summed E-state index contributed by atoms with van der Waals surface area (Å²) in [6.45, 7) is 2.34. The van der Waals surface area contributed by atoms with Crippen molar-refractivity contribution in [2.45, 2.75) is 18.9 Å². The summed E-state index contributed by atoms with van der Waals surface area (Å²) >= 11 is 0. The summed E-state index contributed by atoms with van der Waals surface area (Å²) in [5.41, 5.74) is 0.0126. The fourth-order valence-corrected chi connectivity index (χ4v) is 2.02. The largest absolute Gasteiger partial charge is 0.385 e. The van der Waals surface area contributed by atoms with Crippen LogP contribution in [0.2, 0.25) is 0 Å². The molecular formula is C14H17NO2. The zero-order valence-electron chi connectivity index (χ0n) is 10.2. The molecule has 3 heteroatoms. The van der Waals surface area contributed by atoms with Crippen LogP contribution in [-0.4, -0.2) is 23.8 Å². The Bertz CT molecular complexity index is 503. The molecule has 0 aliphatic rings. The lowest BCUT2D eigenvalue weighted by Gasteiger charge is -2.25. The van der Waals surface area contributed by atoms with E-state index in [1.807, 2.05) is 31.2 Å². The number of hydrogen-bond acceptors (Lipinski definition) is 3. The number of ether oxygens (including phenoxy) is 1. The van der Waals surface area contributed by atoms with Crippen molar-refractivity contribution in [3.63, 3.8) is 0 Å². The third kappa shape index (κ3) is 2.46. The average Bonchev–Trinajstić information content (AvgIpc) is 2.36. The molecule has 0 spiro atoms. The number of aromatic nitrogens is 1. The van der Waals surface area contributed by atoms with Crippen LogP contribution < -0.4 is 0 Å². The Hall–Kier alpha value is -1.45. The normalized spacial score (nSPS) is 14.8. The highest BCUT2D eigenvalue weighted by atomic mass is 16.5. The lowest BCUT2D eigenvalue weighted by Crippen LogP contribution is -2.23. The summed E-state index contributed by atoms with van der Waals surface area (Å²) in [6, 6.07) is 7.87. The Labute approximate surface area is 101 Å². The Morgan fingerprint density at radius 3 is 2.94 bits per heavy atom. The fraction of sp³-hybridized carbons (Fsp3) is 0.357. The predicted molar refractivity (Wildman–Crippen MR) is 67.8 cm³/mol. The van der Waals surface area contributed by atoms with Crippen molar-refractivity contribution < 1.29 is 9.84 Å². The van der Waals surface area contributed by atoms with E-state index in [0.717, 1.165) is 16.3 Å². The number of aliphatic hydroxyl groups is 1. The molecule has 0 bridgehead atoms. The summed E-state index contributed by atoms with van der Waals surface area (Å²) < 4.78 is 5.04. The number of benzene rings is 1. The van der Waals surface area contributed by atoms with E-state index in [1.54, 1.807) is 19.5 Å². The van der Waals surface area contributed by atoms with Gasteiger partial charge in [-0.2, -0.15) is 0 Å². The maximum absolute atomic E-state index is 10.5. The molecule has 1 unspecified atom stereocenters. The standard InChI is InChI=1S/C14H17NO2/c1-14(16,7-9-17-2)13-5-3-4-11-6-8-15-10-12(11)13/h3-6,8,10,16H,7,9H2,1-2H3. The van der Waals surface area contributed by atoms with E-state index < -0.39 is 5.60 Å². The molecule has 1 heterocycles. The second-order valence-corrected chi connectivity index (χ2v) is 4.42. The average molecular weight is 231 g/mol. The molecule has 0 saturated carbocycles. The predicted octanol–water partition coefficient (Wildman–Crippen LogP) is 2.48. The number of rotatable bonds is 4. The van der Waals surface area contributed by atoms with Gasteiger partial charge in [0.1, 0.15) is 0 Å². The monoisotopic (exact) mass is 231 g/mol. The Balaban J connectivity index is 2.47. The summed E-state index contributed by atoms with van der Waals surface area (Å²) in [7, 11) is 1.64. The van der Waals surface area contributed by atoms with Crippen LogP contribution in [-0.2, 0) is 10.3 Å². The maximum Gasteiger partial charge on any atom is 0.0897 e. The number of nitrogens with zero attached hydrogens (tertiary/aromatic N) is 1. The van der Waals surface area contributed by atoms with Crippen molar-refractivity contribution in [2.75, 3.05) is 13.7 Å². The first-order valence-electron chi connectivity index (χ1n) is 5.70. The zero-order chi connectivity index (χ0) is 12.3. The van der Waals surface area contributed by atoms with E-state index in [4.69, 9.17) is 4.74 Å². The van der Waals surface area contributed by atoms with Gasteiger partial charge in [-0.15, -0.1) is 0 Å². The summed E-state index contributed by atoms with van der Waals surface area (Å²) in [5.74, 6) is 0. The number of methoxy groups -OCH3 is 1. The fourth-order valence-electron chi connectivity index (χ4n) is 2.02. The minimum atomic E-state index is -0.890. The zero-order valence-corrected chi connectivity index (χ0v) is 10.2. The van der Waals surface area contributed by atoms with E-state index in [9.17, 15) is 5.11 Å². The molecule has 3 nitrogen and oxygen atoms in total. The van der Waals surface area contributed by atoms with Gasteiger partial charge in [0.25, 0.3) is 0 Å². The molecule has 90 valence electrons. The molecule has 0 aliphatic heterocycles. The molecule has 0 radical (unpaired) electrons. The van der Waals surface area contributed by atoms with Gasteiger partial charge >= 0.3 is 0 Å². The highest BCUT2D eigenvalue weighted by Gasteiger charge is 2.24. The minimum Gasteiger partial charge on any atom is -0.385 e. The van der Waals surface area contributed by atoms with E-state index in [1.165, 1.54) is 0 Å². The first-order valence-corrected chi connectivity index (χ1v) is 5.70. The third-order valence-electron chi connectivity index (χ3n) is 3.06. The van der Waals surface area contributed by atoms with Crippen molar-refractivity contribution in [2.24, 2.45) is 0 Å². The van der Waals surface area contributed by atoms with Crippen LogP contribution in [0, 0.1) is 0 Å². The summed E-state index contributed by atoms with van der Waals surface area (Å²) in [6.07, 6.45) is 4.12. The second-order valence-electron chi connectivity index (χ2n) is 4.42. The lowest BCUT2D eigenvalue weighted by molar-refractivity contribution is 0.0223. The molecule has 2 rings (SSSR count). The topological polar surface area (TPSA) is 42.4 Å². The smallest absolute Gasteiger partial charge is 0.0897 e.